The van der Waals surface area contributed by atoms with Gasteiger partial charge in [0.05, 0.1) is 34.4 Å². The van der Waals surface area contributed by atoms with Crippen molar-refractivity contribution in [1.82, 2.24) is 9.97 Å². The van der Waals surface area contributed by atoms with Gasteiger partial charge < -0.3 is 4.74 Å². The van der Waals surface area contributed by atoms with E-state index in [0.29, 0.717) is 6.61 Å². The molecule has 0 unspecified atom stereocenters. The number of carbonyl (C=O) groups is 1. The topological polar surface area (TPSA) is 52.1 Å². The Bertz CT molecular complexity index is 534. The molecule has 0 amide bonds. The summed E-state index contributed by atoms with van der Waals surface area (Å²) in [6, 6.07) is 0. The average molecular weight is 282 g/mol. The van der Waals surface area contributed by atoms with Crippen LogP contribution in [0.2, 0.25) is 0 Å². The zero-order valence-electron chi connectivity index (χ0n) is 10.3. The highest BCUT2D eigenvalue weighted by atomic mass is 32.1. The number of hydrogen-bond acceptors (Lipinski definition) is 6. The maximum absolute atomic E-state index is 11.3. The van der Waals surface area contributed by atoms with Crippen molar-refractivity contribution in [3.8, 4) is 0 Å². The van der Waals surface area contributed by atoms with Gasteiger partial charge in [-0.3, -0.25) is 4.79 Å². The van der Waals surface area contributed by atoms with E-state index in [4.69, 9.17) is 4.74 Å². The number of carbonyl (C=O) groups excluding carboxylic acids is 1. The number of ether oxygens (including phenoxy) is 1. The third kappa shape index (κ3) is 3.61. The molecule has 0 saturated heterocycles. The fourth-order valence-corrected chi connectivity index (χ4v) is 2.94. The molecule has 0 radical (unpaired) electrons. The quantitative estimate of drug-likeness (QED) is 0.791. The fourth-order valence-electron chi connectivity index (χ4n) is 1.52. The van der Waals surface area contributed by atoms with Crippen LogP contribution < -0.4 is 0 Å². The van der Waals surface area contributed by atoms with E-state index in [1.54, 1.807) is 29.6 Å². The molecule has 4 nitrogen and oxygen atoms in total. The molecule has 0 N–H and O–H groups in total. The number of rotatable bonds is 5. The van der Waals surface area contributed by atoms with Crippen LogP contribution in [-0.2, 0) is 22.4 Å². The first-order chi connectivity index (χ1) is 8.67. The summed E-state index contributed by atoms with van der Waals surface area (Å²) >= 11 is 3.20. The first-order valence-corrected chi connectivity index (χ1v) is 7.43. The Hall–Kier alpha value is -1.27. The lowest BCUT2D eigenvalue weighted by Gasteiger charge is -1.97. The first kappa shape index (κ1) is 13.2. The van der Waals surface area contributed by atoms with Crippen LogP contribution in [0.1, 0.15) is 28.3 Å². The van der Waals surface area contributed by atoms with E-state index in [1.807, 2.05) is 17.7 Å². The van der Waals surface area contributed by atoms with Crippen LogP contribution in [0.3, 0.4) is 0 Å². The molecule has 0 bridgehead atoms. The highest BCUT2D eigenvalue weighted by Crippen LogP contribution is 2.17. The van der Waals surface area contributed by atoms with Gasteiger partial charge in [-0.15, -0.1) is 22.7 Å². The van der Waals surface area contributed by atoms with Crippen molar-refractivity contribution in [1.29, 1.82) is 0 Å². The number of aryl methyl sites for hydroxylation is 1. The molecule has 18 heavy (non-hydrogen) atoms. The van der Waals surface area contributed by atoms with Gasteiger partial charge in [0.1, 0.15) is 0 Å². The van der Waals surface area contributed by atoms with Gasteiger partial charge in [0.2, 0.25) is 0 Å². The number of esters is 1. The van der Waals surface area contributed by atoms with E-state index in [9.17, 15) is 4.79 Å². The summed E-state index contributed by atoms with van der Waals surface area (Å²) in [5, 5.41) is 6.00. The van der Waals surface area contributed by atoms with Crippen molar-refractivity contribution in [2.75, 3.05) is 6.61 Å². The van der Waals surface area contributed by atoms with E-state index < -0.39 is 0 Å². The van der Waals surface area contributed by atoms with Crippen molar-refractivity contribution in [2.45, 2.75) is 26.7 Å². The van der Waals surface area contributed by atoms with Gasteiger partial charge in [0, 0.05) is 17.2 Å². The molecule has 0 fully saturated rings. The number of hydrogen-bond donors (Lipinski definition) is 0. The normalized spacial score (nSPS) is 10.6. The molecule has 0 spiro atoms. The van der Waals surface area contributed by atoms with Gasteiger partial charge in [-0.2, -0.15) is 0 Å². The van der Waals surface area contributed by atoms with Crippen LogP contribution in [0.25, 0.3) is 0 Å². The Morgan fingerprint density at radius 1 is 1.28 bits per heavy atom. The van der Waals surface area contributed by atoms with E-state index in [2.05, 4.69) is 9.97 Å². The van der Waals surface area contributed by atoms with Gasteiger partial charge in [0.25, 0.3) is 0 Å². The maximum atomic E-state index is 11.3. The third-order valence-corrected chi connectivity index (χ3v) is 3.95. The molecular formula is C12H14N2O2S2. The molecule has 6 heteroatoms. The summed E-state index contributed by atoms with van der Waals surface area (Å²) in [6.07, 6.45) is 0.984. The van der Waals surface area contributed by atoms with Gasteiger partial charge in [0.15, 0.2) is 0 Å². The van der Waals surface area contributed by atoms with E-state index >= 15 is 0 Å². The predicted molar refractivity (Wildman–Crippen MR) is 72.1 cm³/mol. The minimum atomic E-state index is -0.223. The summed E-state index contributed by atoms with van der Waals surface area (Å²) in [5.41, 5.74) is 1.81. The van der Waals surface area contributed by atoms with Crippen molar-refractivity contribution in [3.63, 3.8) is 0 Å². The molecule has 2 aromatic rings. The SMILES string of the molecule is CCOC(=O)Cc1csc(Cc2csc(C)n2)n1. The molecule has 96 valence electrons. The predicted octanol–water partition coefficient (Wildman–Crippen LogP) is 2.60. The Labute approximate surface area is 114 Å². The van der Waals surface area contributed by atoms with Crippen LogP contribution in [0, 0.1) is 6.92 Å². The van der Waals surface area contributed by atoms with Crippen LogP contribution in [0.4, 0.5) is 0 Å². The second-order valence-corrected chi connectivity index (χ2v) is 5.75. The van der Waals surface area contributed by atoms with Crippen molar-refractivity contribution in [3.05, 3.63) is 32.2 Å². The van der Waals surface area contributed by atoms with E-state index in [1.165, 1.54) is 0 Å². The molecule has 0 atom stereocenters. The zero-order chi connectivity index (χ0) is 13.0. The molecule has 0 aliphatic carbocycles. The Morgan fingerprint density at radius 3 is 2.72 bits per heavy atom. The largest absolute Gasteiger partial charge is 0.466 e. The van der Waals surface area contributed by atoms with Crippen molar-refractivity contribution < 1.29 is 9.53 Å². The Morgan fingerprint density at radius 2 is 2.06 bits per heavy atom. The molecule has 0 saturated carbocycles. The fraction of sp³-hybridized carbons (Fsp3) is 0.417. The van der Waals surface area contributed by atoms with Crippen molar-refractivity contribution in [2.24, 2.45) is 0 Å². The molecule has 0 aromatic carbocycles. The second kappa shape index (κ2) is 6.06. The van der Waals surface area contributed by atoms with Crippen LogP contribution >= 0.6 is 22.7 Å². The van der Waals surface area contributed by atoms with Gasteiger partial charge in [-0.25, -0.2) is 9.97 Å². The monoisotopic (exact) mass is 282 g/mol. The summed E-state index contributed by atoms with van der Waals surface area (Å²) in [4.78, 5) is 20.1. The highest BCUT2D eigenvalue weighted by molar-refractivity contribution is 7.10. The zero-order valence-corrected chi connectivity index (χ0v) is 11.9. The summed E-state index contributed by atoms with van der Waals surface area (Å²) < 4.78 is 4.89. The molecule has 2 aromatic heterocycles. The molecule has 2 rings (SSSR count). The van der Waals surface area contributed by atoms with Crippen LogP contribution in [0.15, 0.2) is 10.8 Å². The summed E-state index contributed by atoms with van der Waals surface area (Å²) in [7, 11) is 0. The minimum Gasteiger partial charge on any atom is -0.466 e. The molecule has 0 aliphatic rings. The number of thiazole rings is 2. The summed E-state index contributed by atoms with van der Waals surface area (Å²) in [6.45, 7) is 4.20. The second-order valence-electron chi connectivity index (χ2n) is 3.75. The average Bonchev–Trinajstić information content (AvgIpc) is 2.89. The van der Waals surface area contributed by atoms with Gasteiger partial charge in [-0.05, 0) is 13.8 Å². The van der Waals surface area contributed by atoms with Crippen LogP contribution in [-0.4, -0.2) is 22.5 Å². The highest BCUT2D eigenvalue weighted by Gasteiger charge is 2.09. The molecule has 2 heterocycles. The van der Waals surface area contributed by atoms with E-state index in [0.717, 1.165) is 27.8 Å². The standard InChI is InChI=1S/C12H14N2O2S2/c1-3-16-12(15)5-10-7-18-11(14-10)4-9-6-17-8(2)13-9/h6-7H,3-5H2,1-2H3. The Balaban J connectivity index is 1.95. The number of nitrogens with zero attached hydrogens (tertiary/aromatic N) is 2. The summed E-state index contributed by atoms with van der Waals surface area (Å²) in [5.74, 6) is -0.223. The number of aromatic nitrogens is 2. The molecule has 0 aliphatic heterocycles. The first-order valence-electron chi connectivity index (χ1n) is 5.67. The lowest BCUT2D eigenvalue weighted by atomic mass is 10.3. The van der Waals surface area contributed by atoms with Crippen LogP contribution in [0.5, 0.6) is 0 Å². The third-order valence-electron chi connectivity index (χ3n) is 2.23. The van der Waals surface area contributed by atoms with Crippen molar-refractivity contribution >= 4 is 28.6 Å². The van der Waals surface area contributed by atoms with Gasteiger partial charge in [-0.1, -0.05) is 0 Å². The Kier molecular flexibility index (Phi) is 4.43. The maximum Gasteiger partial charge on any atom is 0.311 e. The minimum absolute atomic E-state index is 0.223. The smallest absolute Gasteiger partial charge is 0.311 e. The van der Waals surface area contributed by atoms with E-state index in [-0.39, 0.29) is 12.4 Å². The molecular weight excluding hydrogens is 268 g/mol. The lowest BCUT2D eigenvalue weighted by Crippen LogP contribution is -2.07. The lowest BCUT2D eigenvalue weighted by molar-refractivity contribution is -0.142. The van der Waals surface area contributed by atoms with Gasteiger partial charge >= 0.3 is 5.97 Å².